The van der Waals surface area contributed by atoms with Gasteiger partial charge >= 0.3 is 0 Å². The van der Waals surface area contributed by atoms with Gasteiger partial charge in [0, 0.05) is 16.9 Å². The van der Waals surface area contributed by atoms with Gasteiger partial charge in [0.1, 0.15) is 11.5 Å². The van der Waals surface area contributed by atoms with Gasteiger partial charge in [-0.15, -0.1) is 0 Å². The molecule has 0 saturated carbocycles. The number of aromatic nitrogens is 2. The number of nitrogens with zero attached hydrogens (tertiary/aromatic N) is 2. The van der Waals surface area contributed by atoms with E-state index in [1.807, 2.05) is 20.8 Å². The van der Waals surface area contributed by atoms with E-state index in [1.165, 1.54) is 24.3 Å². The van der Waals surface area contributed by atoms with Crippen molar-refractivity contribution in [2.24, 2.45) is 0 Å². The van der Waals surface area contributed by atoms with Crippen LogP contribution >= 0.6 is 0 Å². The molecule has 0 spiro atoms. The maximum Gasteiger partial charge on any atom is 0.274 e. The Hall–Kier alpha value is -2.50. The van der Waals surface area contributed by atoms with Gasteiger partial charge in [-0.05, 0) is 58.0 Å². The minimum atomic E-state index is -0.367. The largest absolute Gasteiger partial charge is 0.350 e. The zero-order chi connectivity index (χ0) is 16.3. The first-order chi connectivity index (χ1) is 10.2. The smallest absolute Gasteiger partial charge is 0.274 e. The van der Waals surface area contributed by atoms with E-state index in [4.69, 9.17) is 0 Å². The molecule has 5 nitrogen and oxygen atoms in total. The highest BCUT2D eigenvalue weighted by Crippen LogP contribution is 2.14. The van der Waals surface area contributed by atoms with Crippen molar-refractivity contribution in [3.63, 3.8) is 0 Å². The normalized spacial score (nSPS) is 11.1. The van der Waals surface area contributed by atoms with E-state index in [0.29, 0.717) is 17.3 Å². The molecule has 22 heavy (non-hydrogen) atoms. The molecule has 0 aliphatic carbocycles. The van der Waals surface area contributed by atoms with E-state index in [-0.39, 0.29) is 23.0 Å². The number of halogens is 1. The number of anilines is 2. The lowest BCUT2D eigenvalue weighted by molar-refractivity contribution is 0.102. The van der Waals surface area contributed by atoms with Gasteiger partial charge in [0.05, 0.1) is 0 Å². The van der Waals surface area contributed by atoms with E-state index in [2.05, 4.69) is 20.6 Å². The summed E-state index contributed by atoms with van der Waals surface area (Å²) in [5, 5.41) is 5.82. The van der Waals surface area contributed by atoms with Crippen molar-refractivity contribution in [2.45, 2.75) is 33.2 Å². The van der Waals surface area contributed by atoms with Crippen LogP contribution in [0.2, 0.25) is 0 Å². The van der Waals surface area contributed by atoms with Crippen LogP contribution in [0.15, 0.2) is 30.3 Å². The predicted octanol–water partition coefficient (Wildman–Crippen LogP) is 3.39. The van der Waals surface area contributed by atoms with E-state index in [0.717, 1.165) is 0 Å². The van der Waals surface area contributed by atoms with Crippen molar-refractivity contribution >= 4 is 17.5 Å². The fraction of sp³-hybridized carbons (Fsp3) is 0.312. The van der Waals surface area contributed by atoms with Gasteiger partial charge < -0.3 is 10.6 Å². The van der Waals surface area contributed by atoms with Crippen LogP contribution in [-0.2, 0) is 0 Å². The van der Waals surface area contributed by atoms with Crippen molar-refractivity contribution in [3.05, 3.63) is 47.5 Å². The molecule has 2 rings (SSSR count). The van der Waals surface area contributed by atoms with Crippen molar-refractivity contribution in [2.75, 3.05) is 10.6 Å². The van der Waals surface area contributed by atoms with Crippen LogP contribution in [0.5, 0.6) is 0 Å². The summed E-state index contributed by atoms with van der Waals surface area (Å²) in [6.07, 6.45) is 0. The summed E-state index contributed by atoms with van der Waals surface area (Å²) >= 11 is 0. The molecule has 0 aliphatic heterocycles. The highest BCUT2D eigenvalue weighted by molar-refractivity contribution is 6.03. The highest BCUT2D eigenvalue weighted by atomic mass is 19.1. The molecule has 0 aliphatic rings. The summed E-state index contributed by atoms with van der Waals surface area (Å²) in [7, 11) is 0. The number of benzene rings is 1. The molecule has 116 valence electrons. The molecular weight excluding hydrogens is 283 g/mol. The number of rotatable bonds is 3. The van der Waals surface area contributed by atoms with Crippen molar-refractivity contribution in [1.82, 2.24) is 9.97 Å². The Kier molecular flexibility index (Phi) is 4.40. The molecule has 2 N–H and O–H groups in total. The molecule has 0 saturated heterocycles. The minimum Gasteiger partial charge on any atom is -0.350 e. The van der Waals surface area contributed by atoms with Gasteiger partial charge in [-0.3, -0.25) is 4.79 Å². The number of carbonyl (C=O) groups is 1. The Bertz CT molecular complexity index is 678. The molecule has 0 atom stereocenters. The second-order valence-electron chi connectivity index (χ2n) is 6.05. The first kappa shape index (κ1) is 15.9. The monoisotopic (exact) mass is 302 g/mol. The number of carbonyl (C=O) groups excluding carboxylic acids is 1. The molecule has 1 aromatic heterocycles. The van der Waals surface area contributed by atoms with Crippen LogP contribution in [0.25, 0.3) is 0 Å². The van der Waals surface area contributed by atoms with Gasteiger partial charge in [0.25, 0.3) is 5.91 Å². The van der Waals surface area contributed by atoms with Crippen LogP contribution in [0, 0.1) is 12.7 Å². The van der Waals surface area contributed by atoms with Gasteiger partial charge in [0.15, 0.2) is 0 Å². The summed E-state index contributed by atoms with van der Waals surface area (Å²) in [5.74, 6) is -0.321. The van der Waals surface area contributed by atoms with E-state index in [9.17, 15) is 9.18 Å². The van der Waals surface area contributed by atoms with Crippen LogP contribution in [0.4, 0.5) is 16.0 Å². The minimum absolute atomic E-state index is 0.210. The molecule has 6 heteroatoms. The average Bonchev–Trinajstić information content (AvgIpc) is 2.38. The zero-order valence-corrected chi connectivity index (χ0v) is 13.1. The van der Waals surface area contributed by atoms with Crippen LogP contribution in [-0.4, -0.2) is 21.4 Å². The van der Waals surface area contributed by atoms with Crippen molar-refractivity contribution in [3.8, 4) is 0 Å². The fourth-order valence-electron chi connectivity index (χ4n) is 1.80. The van der Waals surface area contributed by atoms with E-state index in [1.54, 1.807) is 13.0 Å². The zero-order valence-electron chi connectivity index (χ0n) is 13.1. The third kappa shape index (κ3) is 4.51. The van der Waals surface area contributed by atoms with Gasteiger partial charge in [0.2, 0.25) is 5.95 Å². The molecule has 1 amide bonds. The lowest BCUT2D eigenvalue weighted by atomic mass is 10.1. The number of hydrogen-bond donors (Lipinski definition) is 2. The lowest BCUT2D eigenvalue weighted by Crippen LogP contribution is -2.28. The van der Waals surface area contributed by atoms with Crippen LogP contribution in [0.3, 0.4) is 0 Å². The van der Waals surface area contributed by atoms with E-state index >= 15 is 0 Å². The molecular formula is C16H19FN4O. The topological polar surface area (TPSA) is 66.9 Å². The highest BCUT2D eigenvalue weighted by Gasteiger charge is 2.15. The number of aryl methyl sites for hydroxylation is 1. The summed E-state index contributed by atoms with van der Waals surface area (Å²) in [4.78, 5) is 20.7. The Morgan fingerprint density at radius 1 is 1.14 bits per heavy atom. The summed E-state index contributed by atoms with van der Waals surface area (Å²) in [6, 6.07) is 7.17. The van der Waals surface area contributed by atoms with E-state index < -0.39 is 0 Å². The molecule has 0 radical (unpaired) electrons. The first-order valence-electron chi connectivity index (χ1n) is 6.94. The molecule has 0 fully saturated rings. The Morgan fingerprint density at radius 3 is 2.36 bits per heavy atom. The quantitative estimate of drug-likeness (QED) is 0.912. The SMILES string of the molecule is Cc1cc(C(=O)Nc2ccc(F)cc2)nc(NC(C)(C)C)n1. The molecule has 0 bridgehead atoms. The number of nitrogens with one attached hydrogen (secondary N) is 2. The van der Waals surface area contributed by atoms with Gasteiger partial charge in [-0.25, -0.2) is 14.4 Å². The number of hydrogen-bond acceptors (Lipinski definition) is 4. The first-order valence-corrected chi connectivity index (χ1v) is 6.94. The Balaban J connectivity index is 2.20. The van der Waals surface area contributed by atoms with Gasteiger partial charge in [-0.1, -0.05) is 0 Å². The van der Waals surface area contributed by atoms with Crippen LogP contribution in [0.1, 0.15) is 37.0 Å². The second kappa shape index (κ2) is 6.09. The van der Waals surface area contributed by atoms with Crippen molar-refractivity contribution in [1.29, 1.82) is 0 Å². The lowest BCUT2D eigenvalue weighted by Gasteiger charge is -2.20. The third-order valence-corrected chi connectivity index (χ3v) is 2.68. The second-order valence-corrected chi connectivity index (χ2v) is 6.05. The molecule has 0 unspecified atom stereocenters. The maximum atomic E-state index is 12.9. The predicted molar refractivity (Wildman–Crippen MR) is 84.5 cm³/mol. The van der Waals surface area contributed by atoms with Crippen molar-refractivity contribution < 1.29 is 9.18 Å². The Labute approximate surface area is 129 Å². The molecule has 1 heterocycles. The van der Waals surface area contributed by atoms with Gasteiger partial charge in [-0.2, -0.15) is 0 Å². The molecule has 2 aromatic rings. The summed E-state index contributed by atoms with van der Waals surface area (Å²) < 4.78 is 12.9. The standard InChI is InChI=1S/C16H19FN4O/c1-10-9-13(20-15(18-10)21-16(2,3)4)14(22)19-12-7-5-11(17)6-8-12/h5-9H,1-4H3,(H,19,22)(H,18,20,21). The summed E-state index contributed by atoms with van der Waals surface area (Å²) in [5.41, 5.74) is 1.24. The average molecular weight is 302 g/mol. The maximum absolute atomic E-state index is 12.9. The fourth-order valence-corrected chi connectivity index (χ4v) is 1.80. The summed E-state index contributed by atoms with van der Waals surface area (Å²) in [6.45, 7) is 7.75. The number of amides is 1. The molecule has 1 aromatic carbocycles. The Morgan fingerprint density at radius 2 is 1.77 bits per heavy atom. The third-order valence-electron chi connectivity index (χ3n) is 2.68. The van der Waals surface area contributed by atoms with Crippen LogP contribution < -0.4 is 10.6 Å².